The summed E-state index contributed by atoms with van der Waals surface area (Å²) in [6.45, 7) is 1.52. The Kier molecular flexibility index (Phi) is 7.50. The van der Waals surface area contributed by atoms with Gasteiger partial charge in [0.15, 0.2) is 0 Å². The summed E-state index contributed by atoms with van der Waals surface area (Å²) in [5.74, 6) is -0.612. The monoisotopic (exact) mass is 260 g/mol. The summed E-state index contributed by atoms with van der Waals surface area (Å²) >= 11 is 0. The van der Waals surface area contributed by atoms with Crippen molar-refractivity contribution in [3.8, 4) is 0 Å². The Morgan fingerprint density at radius 1 is 1.41 bits per heavy atom. The van der Waals surface area contributed by atoms with E-state index >= 15 is 0 Å². The average Bonchev–Trinajstić information content (AvgIpc) is 2.24. The van der Waals surface area contributed by atoms with Gasteiger partial charge in [0.2, 0.25) is 0 Å². The molecule has 0 fully saturated rings. The van der Waals surface area contributed by atoms with Crippen molar-refractivity contribution in [3.63, 3.8) is 0 Å². The van der Waals surface area contributed by atoms with Crippen molar-refractivity contribution >= 4 is 18.3 Å². The maximum absolute atomic E-state index is 12.8. The lowest BCUT2D eigenvalue weighted by molar-refractivity contribution is 0.0952. The van der Waals surface area contributed by atoms with Crippen molar-refractivity contribution in [1.29, 1.82) is 0 Å². The fourth-order valence-corrected chi connectivity index (χ4v) is 1.33. The molecule has 0 aliphatic heterocycles. The fraction of sp³-hybridized carbons (Fsp3) is 0.417. The van der Waals surface area contributed by atoms with E-state index in [0.717, 1.165) is 13.0 Å². The molecule has 0 spiro atoms. The Morgan fingerprint density at radius 3 is 2.71 bits per heavy atom. The molecule has 0 aromatic heterocycles. The number of benzene rings is 1. The number of rotatable bonds is 5. The van der Waals surface area contributed by atoms with Gasteiger partial charge < -0.3 is 10.2 Å². The molecule has 5 heteroatoms. The summed E-state index contributed by atoms with van der Waals surface area (Å²) in [6.07, 6.45) is 0.883. The third kappa shape index (κ3) is 6.24. The zero-order valence-electron chi connectivity index (χ0n) is 10.1. The van der Waals surface area contributed by atoms with E-state index in [1.807, 2.05) is 19.0 Å². The van der Waals surface area contributed by atoms with Gasteiger partial charge >= 0.3 is 0 Å². The van der Waals surface area contributed by atoms with Crippen LogP contribution in [0.2, 0.25) is 0 Å². The number of hydrogen-bond donors (Lipinski definition) is 1. The van der Waals surface area contributed by atoms with Gasteiger partial charge in [-0.3, -0.25) is 4.79 Å². The van der Waals surface area contributed by atoms with Gasteiger partial charge in [0.25, 0.3) is 5.91 Å². The Hall–Kier alpha value is -1.13. The largest absolute Gasteiger partial charge is 0.352 e. The normalized spacial score (nSPS) is 9.88. The first-order chi connectivity index (χ1) is 7.59. The predicted molar refractivity (Wildman–Crippen MR) is 69.2 cm³/mol. The molecule has 96 valence electrons. The third-order valence-corrected chi connectivity index (χ3v) is 2.15. The summed E-state index contributed by atoms with van der Waals surface area (Å²) in [7, 11) is 3.96. The molecule has 0 radical (unpaired) electrons. The Morgan fingerprint density at radius 2 is 2.12 bits per heavy atom. The quantitative estimate of drug-likeness (QED) is 0.821. The lowest BCUT2D eigenvalue weighted by Gasteiger charge is -2.09. The molecule has 0 heterocycles. The van der Waals surface area contributed by atoms with Crippen LogP contribution in [0.5, 0.6) is 0 Å². The van der Waals surface area contributed by atoms with E-state index in [0.29, 0.717) is 12.1 Å². The topological polar surface area (TPSA) is 32.3 Å². The summed E-state index contributed by atoms with van der Waals surface area (Å²) in [5, 5.41) is 2.75. The minimum atomic E-state index is -0.388. The zero-order valence-corrected chi connectivity index (χ0v) is 10.9. The molecule has 1 amide bonds. The molecular weight excluding hydrogens is 243 g/mol. The smallest absolute Gasteiger partial charge is 0.251 e. The summed E-state index contributed by atoms with van der Waals surface area (Å²) in [4.78, 5) is 13.6. The van der Waals surface area contributed by atoms with Gasteiger partial charge in [-0.05, 0) is 45.3 Å². The van der Waals surface area contributed by atoms with Gasteiger partial charge in [0.05, 0.1) is 0 Å². The van der Waals surface area contributed by atoms with Gasteiger partial charge in [0.1, 0.15) is 5.82 Å². The molecule has 0 bridgehead atoms. The van der Waals surface area contributed by atoms with Gasteiger partial charge in [-0.2, -0.15) is 0 Å². The lowest BCUT2D eigenvalue weighted by Crippen LogP contribution is -2.27. The number of nitrogens with one attached hydrogen (secondary N) is 1. The van der Waals surface area contributed by atoms with Crippen LogP contribution in [0.3, 0.4) is 0 Å². The maximum atomic E-state index is 12.8. The first-order valence-corrected chi connectivity index (χ1v) is 5.28. The van der Waals surface area contributed by atoms with Crippen molar-refractivity contribution in [3.05, 3.63) is 35.6 Å². The zero-order chi connectivity index (χ0) is 12.0. The molecule has 1 N–H and O–H groups in total. The lowest BCUT2D eigenvalue weighted by atomic mass is 10.2. The van der Waals surface area contributed by atoms with Crippen molar-refractivity contribution in [2.45, 2.75) is 6.42 Å². The molecule has 1 aromatic rings. The van der Waals surface area contributed by atoms with E-state index in [4.69, 9.17) is 0 Å². The Bertz CT molecular complexity index is 358. The van der Waals surface area contributed by atoms with Crippen LogP contribution in [0.15, 0.2) is 24.3 Å². The Balaban J connectivity index is 0.00000256. The van der Waals surface area contributed by atoms with Crippen LogP contribution < -0.4 is 5.32 Å². The molecule has 0 unspecified atom stereocenters. The standard InChI is InChI=1S/C12H17FN2O.ClH/c1-15(2)8-4-7-14-12(16)10-5-3-6-11(13)9-10;/h3,5-6,9H,4,7-8H2,1-2H3,(H,14,16);1H. The molecule has 0 saturated heterocycles. The molecule has 17 heavy (non-hydrogen) atoms. The van der Waals surface area contributed by atoms with E-state index in [1.54, 1.807) is 6.07 Å². The van der Waals surface area contributed by atoms with E-state index < -0.39 is 0 Å². The summed E-state index contributed by atoms with van der Waals surface area (Å²) < 4.78 is 12.8. The highest BCUT2D eigenvalue weighted by molar-refractivity contribution is 5.94. The number of hydrogen-bond acceptors (Lipinski definition) is 2. The summed E-state index contributed by atoms with van der Waals surface area (Å²) in [6, 6.07) is 5.69. The van der Waals surface area contributed by atoms with Crippen molar-refractivity contribution in [1.82, 2.24) is 10.2 Å². The van der Waals surface area contributed by atoms with Crippen LogP contribution in [0.4, 0.5) is 4.39 Å². The molecule has 0 aliphatic rings. The SMILES string of the molecule is CN(C)CCCNC(=O)c1cccc(F)c1.Cl. The van der Waals surface area contributed by atoms with Crippen LogP contribution in [0, 0.1) is 5.82 Å². The number of carbonyl (C=O) groups is 1. The van der Waals surface area contributed by atoms with Gasteiger partial charge in [0, 0.05) is 12.1 Å². The molecular formula is C12H18ClFN2O. The molecule has 1 aromatic carbocycles. The minimum Gasteiger partial charge on any atom is -0.352 e. The van der Waals surface area contributed by atoms with Crippen LogP contribution in [-0.2, 0) is 0 Å². The first kappa shape index (κ1) is 15.9. The molecule has 0 saturated carbocycles. The number of amides is 1. The van der Waals surface area contributed by atoms with Crippen LogP contribution in [-0.4, -0.2) is 38.0 Å². The van der Waals surface area contributed by atoms with Gasteiger partial charge in [-0.1, -0.05) is 6.07 Å². The van der Waals surface area contributed by atoms with Gasteiger partial charge in [-0.15, -0.1) is 12.4 Å². The average molecular weight is 261 g/mol. The van der Waals surface area contributed by atoms with Crippen molar-refractivity contribution < 1.29 is 9.18 Å². The highest BCUT2D eigenvalue weighted by Crippen LogP contribution is 2.02. The van der Waals surface area contributed by atoms with E-state index in [1.165, 1.54) is 18.2 Å². The molecule has 1 rings (SSSR count). The predicted octanol–water partition coefficient (Wildman–Crippen LogP) is 1.93. The van der Waals surface area contributed by atoms with Crippen LogP contribution in [0.25, 0.3) is 0 Å². The Labute approximate surface area is 107 Å². The van der Waals surface area contributed by atoms with Crippen LogP contribution in [0.1, 0.15) is 16.8 Å². The van der Waals surface area contributed by atoms with Crippen molar-refractivity contribution in [2.75, 3.05) is 27.2 Å². The number of halogens is 2. The number of nitrogens with zero attached hydrogens (tertiary/aromatic N) is 1. The van der Waals surface area contributed by atoms with Gasteiger partial charge in [-0.25, -0.2) is 4.39 Å². The second-order valence-corrected chi connectivity index (χ2v) is 3.92. The van der Waals surface area contributed by atoms with E-state index in [-0.39, 0.29) is 24.1 Å². The number of carbonyl (C=O) groups excluding carboxylic acids is 1. The maximum Gasteiger partial charge on any atom is 0.251 e. The summed E-state index contributed by atoms with van der Waals surface area (Å²) in [5.41, 5.74) is 0.366. The highest BCUT2D eigenvalue weighted by atomic mass is 35.5. The third-order valence-electron chi connectivity index (χ3n) is 2.15. The molecule has 0 atom stereocenters. The molecule has 0 aliphatic carbocycles. The van der Waals surface area contributed by atoms with E-state index in [9.17, 15) is 9.18 Å². The molecule has 3 nitrogen and oxygen atoms in total. The highest BCUT2D eigenvalue weighted by Gasteiger charge is 2.04. The van der Waals surface area contributed by atoms with Crippen molar-refractivity contribution in [2.24, 2.45) is 0 Å². The second-order valence-electron chi connectivity index (χ2n) is 3.92. The first-order valence-electron chi connectivity index (χ1n) is 5.28. The minimum absolute atomic E-state index is 0. The second kappa shape index (κ2) is 8.03. The fourth-order valence-electron chi connectivity index (χ4n) is 1.33. The van der Waals surface area contributed by atoms with Crippen LogP contribution >= 0.6 is 12.4 Å². The van der Waals surface area contributed by atoms with E-state index in [2.05, 4.69) is 5.32 Å².